The van der Waals surface area contributed by atoms with Crippen LogP contribution in [0.5, 0.6) is 11.5 Å². The Morgan fingerprint density at radius 2 is 1.90 bits per heavy atom. The zero-order valence-electron chi connectivity index (χ0n) is 15.0. The van der Waals surface area contributed by atoms with Crippen molar-refractivity contribution >= 4 is 38.0 Å². The molecule has 29 heavy (non-hydrogen) atoms. The second kappa shape index (κ2) is 7.41. The highest BCUT2D eigenvalue weighted by molar-refractivity contribution is 7.94. The molecule has 0 radical (unpaired) electrons. The molecule has 0 unspecified atom stereocenters. The van der Waals surface area contributed by atoms with Crippen LogP contribution in [0.15, 0.2) is 64.2 Å². The summed E-state index contributed by atoms with van der Waals surface area (Å²) >= 11 is 1.03. The molecule has 5 nitrogen and oxygen atoms in total. The molecule has 0 amide bonds. The van der Waals surface area contributed by atoms with Gasteiger partial charge in [0, 0.05) is 23.2 Å². The smallest absolute Gasteiger partial charge is 0.271 e. The van der Waals surface area contributed by atoms with Crippen molar-refractivity contribution in [1.29, 1.82) is 0 Å². The molecule has 0 fully saturated rings. The molecule has 2 aromatic heterocycles. The third kappa shape index (κ3) is 4.06. The Hall–Kier alpha value is -3.04. The third-order valence-corrected chi connectivity index (χ3v) is 6.80. The Morgan fingerprint density at radius 3 is 2.62 bits per heavy atom. The van der Waals surface area contributed by atoms with Crippen molar-refractivity contribution in [2.75, 3.05) is 4.72 Å². The molecule has 2 aromatic carbocycles. The fourth-order valence-corrected chi connectivity index (χ4v) is 4.82. The van der Waals surface area contributed by atoms with Crippen LogP contribution in [0, 0.1) is 18.6 Å². The SMILES string of the molecule is Cc1cc(Oc2ccc(NS(=O)(=O)c3cccs3)c(F)c2)c2cc(F)ccc2n1. The molecule has 0 bridgehead atoms. The van der Waals surface area contributed by atoms with Gasteiger partial charge >= 0.3 is 0 Å². The molecule has 0 saturated heterocycles. The topological polar surface area (TPSA) is 68.3 Å². The fraction of sp³-hybridized carbons (Fsp3) is 0.0500. The Labute approximate surface area is 169 Å². The van der Waals surface area contributed by atoms with E-state index < -0.39 is 21.7 Å². The van der Waals surface area contributed by atoms with Crippen molar-refractivity contribution < 1.29 is 21.9 Å². The van der Waals surface area contributed by atoms with Gasteiger partial charge in [0.25, 0.3) is 10.0 Å². The zero-order valence-corrected chi connectivity index (χ0v) is 16.7. The van der Waals surface area contributed by atoms with Gasteiger partial charge in [-0.2, -0.15) is 0 Å². The van der Waals surface area contributed by atoms with Gasteiger partial charge in [0.2, 0.25) is 0 Å². The number of fused-ring (bicyclic) bond motifs is 1. The van der Waals surface area contributed by atoms with Gasteiger partial charge in [0.1, 0.15) is 21.5 Å². The lowest BCUT2D eigenvalue weighted by Gasteiger charge is -2.12. The molecule has 9 heteroatoms. The van der Waals surface area contributed by atoms with Gasteiger partial charge in [-0.05, 0) is 48.7 Å². The number of nitrogens with one attached hydrogen (secondary N) is 1. The molecule has 4 rings (SSSR count). The van der Waals surface area contributed by atoms with Crippen molar-refractivity contribution in [2.45, 2.75) is 11.1 Å². The molecule has 0 aliphatic rings. The van der Waals surface area contributed by atoms with Crippen LogP contribution in [0.4, 0.5) is 14.5 Å². The quantitative estimate of drug-likeness (QED) is 0.454. The minimum Gasteiger partial charge on any atom is -0.456 e. The first-order valence-electron chi connectivity index (χ1n) is 8.42. The molecule has 148 valence electrons. The lowest BCUT2D eigenvalue weighted by molar-refractivity contribution is 0.481. The van der Waals surface area contributed by atoms with E-state index in [2.05, 4.69) is 9.71 Å². The number of nitrogens with zero attached hydrogens (tertiary/aromatic N) is 1. The number of benzene rings is 2. The largest absolute Gasteiger partial charge is 0.456 e. The van der Waals surface area contributed by atoms with Crippen LogP contribution >= 0.6 is 11.3 Å². The van der Waals surface area contributed by atoms with Gasteiger partial charge in [-0.1, -0.05) is 6.07 Å². The molecule has 1 N–H and O–H groups in total. The average Bonchev–Trinajstić information content (AvgIpc) is 3.20. The van der Waals surface area contributed by atoms with E-state index in [0.29, 0.717) is 22.3 Å². The number of anilines is 1. The van der Waals surface area contributed by atoms with E-state index >= 15 is 0 Å². The maximum atomic E-state index is 14.5. The molecule has 0 aliphatic carbocycles. The average molecular weight is 432 g/mol. The van der Waals surface area contributed by atoms with Crippen LogP contribution in [0.2, 0.25) is 0 Å². The summed E-state index contributed by atoms with van der Waals surface area (Å²) in [6.07, 6.45) is 0. The normalized spacial score (nSPS) is 11.6. The first-order chi connectivity index (χ1) is 13.8. The molecule has 2 heterocycles. The standard InChI is InChI=1S/C20H14F2N2O3S2/c1-12-9-19(15-10-13(21)4-6-17(15)23-12)27-14-5-7-18(16(22)11-14)24-29(25,26)20-3-2-8-28-20/h2-11,24H,1H3. The first-order valence-corrected chi connectivity index (χ1v) is 10.8. The van der Waals surface area contributed by atoms with Crippen LogP contribution in [0.25, 0.3) is 10.9 Å². The number of halogens is 2. The molecule has 0 atom stereocenters. The fourth-order valence-electron chi connectivity index (χ4n) is 2.76. The lowest BCUT2D eigenvalue weighted by Crippen LogP contribution is -2.12. The summed E-state index contributed by atoms with van der Waals surface area (Å²) in [6, 6.07) is 12.5. The highest BCUT2D eigenvalue weighted by atomic mass is 32.2. The van der Waals surface area contributed by atoms with Crippen LogP contribution in [0.1, 0.15) is 5.69 Å². The lowest BCUT2D eigenvalue weighted by atomic mass is 10.2. The van der Waals surface area contributed by atoms with Crippen molar-refractivity contribution in [3.63, 3.8) is 0 Å². The summed E-state index contributed by atoms with van der Waals surface area (Å²) in [4.78, 5) is 4.32. The Bertz CT molecular complexity index is 1310. The van der Waals surface area contributed by atoms with Crippen molar-refractivity contribution in [1.82, 2.24) is 4.98 Å². The molecular weight excluding hydrogens is 418 g/mol. The first kappa shape index (κ1) is 19.3. The van der Waals surface area contributed by atoms with E-state index in [1.165, 1.54) is 36.4 Å². The summed E-state index contributed by atoms with van der Waals surface area (Å²) in [7, 11) is -3.87. The summed E-state index contributed by atoms with van der Waals surface area (Å²) < 4.78 is 60.7. The molecule has 0 spiro atoms. The summed E-state index contributed by atoms with van der Waals surface area (Å²) in [5.41, 5.74) is 0.995. The van der Waals surface area contributed by atoms with Crippen molar-refractivity contribution in [3.8, 4) is 11.5 Å². The second-order valence-corrected chi connectivity index (χ2v) is 9.06. The van der Waals surface area contributed by atoms with E-state index in [1.54, 1.807) is 24.4 Å². The van der Waals surface area contributed by atoms with E-state index in [0.717, 1.165) is 17.4 Å². The molecule has 4 aromatic rings. The van der Waals surface area contributed by atoms with E-state index in [9.17, 15) is 17.2 Å². The van der Waals surface area contributed by atoms with Gasteiger partial charge < -0.3 is 4.74 Å². The number of rotatable bonds is 5. The Kier molecular flexibility index (Phi) is 4.93. The number of thiophene rings is 1. The minimum absolute atomic E-state index is 0.0815. The number of pyridine rings is 1. The van der Waals surface area contributed by atoms with E-state index in [-0.39, 0.29) is 15.6 Å². The monoisotopic (exact) mass is 432 g/mol. The summed E-state index contributed by atoms with van der Waals surface area (Å²) in [5, 5.41) is 2.06. The maximum absolute atomic E-state index is 14.5. The Balaban J connectivity index is 1.64. The molecular formula is C20H14F2N2O3S2. The maximum Gasteiger partial charge on any atom is 0.271 e. The van der Waals surface area contributed by atoms with Gasteiger partial charge in [0.05, 0.1) is 11.2 Å². The highest BCUT2D eigenvalue weighted by Gasteiger charge is 2.18. The number of ether oxygens (including phenoxy) is 1. The Morgan fingerprint density at radius 1 is 1.07 bits per heavy atom. The van der Waals surface area contributed by atoms with Crippen LogP contribution in [-0.2, 0) is 10.0 Å². The van der Waals surface area contributed by atoms with Gasteiger partial charge in [-0.25, -0.2) is 17.2 Å². The van der Waals surface area contributed by atoms with Crippen molar-refractivity contribution in [3.05, 3.63) is 77.3 Å². The van der Waals surface area contributed by atoms with Crippen LogP contribution in [-0.4, -0.2) is 13.4 Å². The number of hydrogen-bond acceptors (Lipinski definition) is 5. The second-order valence-electron chi connectivity index (χ2n) is 6.20. The predicted molar refractivity (Wildman–Crippen MR) is 108 cm³/mol. The number of aromatic nitrogens is 1. The predicted octanol–water partition coefficient (Wildman–Crippen LogP) is 5.48. The third-order valence-electron chi connectivity index (χ3n) is 4.03. The van der Waals surface area contributed by atoms with Gasteiger partial charge in [-0.3, -0.25) is 9.71 Å². The van der Waals surface area contributed by atoms with Gasteiger partial charge in [0.15, 0.2) is 5.82 Å². The molecule has 0 saturated carbocycles. The van der Waals surface area contributed by atoms with E-state index in [1.807, 2.05) is 0 Å². The summed E-state index contributed by atoms with van der Waals surface area (Å²) in [5.74, 6) is -0.794. The highest BCUT2D eigenvalue weighted by Crippen LogP contribution is 2.32. The molecule has 0 aliphatic heterocycles. The van der Waals surface area contributed by atoms with Crippen molar-refractivity contribution in [2.24, 2.45) is 0 Å². The minimum atomic E-state index is -3.87. The number of hydrogen-bond donors (Lipinski definition) is 1. The number of aryl methyl sites for hydroxylation is 1. The summed E-state index contributed by atoms with van der Waals surface area (Å²) in [6.45, 7) is 1.76. The number of sulfonamides is 1. The zero-order chi connectivity index (χ0) is 20.6. The van der Waals surface area contributed by atoms with Gasteiger partial charge in [-0.15, -0.1) is 11.3 Å². The van der Waals surface area contributed by atoms with E-state index in [4.69, 9.17) is 4.74 Å². The van der Waals surface area contributed by atoms with Crippen LogP contribution in [0.3, 0.4) is 0 Å². The van der Waals surface area contributed by atoms with Crippen LogP contribution < -0.4 is 9.46 Å².